The average Bonchev–Trinajstić information content (AvgIpc) is 2.97. The van der Waals surface area contributed by atoms with Crippen LogP contribution < -0.4 is 4.90 Å². The number of carbonyl (C=O) groups is 1. The number of anilines is 1. The lowest BCUT2D eigenvalue weighted by atomic mass is 10.1. The first-order valence-corrected chi connectivity index (χ1v) is 7.48. The molecule has 1 saturated carbocycles. The Balaban J connectivity index is 1.88. The van der Waals surface area contributed by atoms with Gasteiger partial charge in [-0.25, -0.2) is 9.78 Å². The number of hydrogen-bond acceptors (Lipinski definition) is 5. The fraction of sp³-hybridized carbons (Fsp3) is 0.692. The lowest BCUT2D eigenvalue weighted by Gasteiger charge is -2.26. The van der Waals surface area contributed by atoms with Crippen molar-refractivity contribution in [3.63, 3.8) is 0 Å². The van der Waals surface area contributed by atoms with Gasteiger partial charge in [0.2, 0.25) is 0 Å². The maximum absolute atomic E-state index is 11.3. The molecule has 1 saturated heterocycles. The zero-order valence-electron chi connectivity index (χ0n) is 11.1. The van der Waals surface area contributed by atoms with Crippen molar-refractivity contribution in [1.82, 2.24) is 4.98 Å². The van der Waals surface area contributed by atoms with E-state index in [2.05, 4.69) is 16.8 Å². The third kappa shape index (κ3) is 2.34. The van der Waals surface area contributed by atoms with Crippen LogP contribution in [0, 0.1) is 0 Å². The number of rotatable bonds is 4. The van der Waals surface area contributed by atoms with Gasteiger partial charge in [0, 0.05) is 19.6 Å². The zero-order chi connectivity index (χ0) is 13.6. The van der Waals surface area contributed by atoms with E-state index in [-0.39, 0.29) is 6.10 Å². The van der Waals surface area contributed by atoms with Crippen molar-refractivity contribution < 1.29 is 14.6 Å². The molecule has 19 heavy (non-hydrogen) atoms. The van der Waals surface area contributed by atoms with Crippen LogP contribution in [-0.2, 0) is 4.74 Å². The van der Waals surface area contributed by atoms with Gasteiger partial charge in [-0.2, -0.15) is 0 Å². The first-order valence-electron chi connectivity index (χ1n) is 6.66. The Kier molecular flexibility index (Phi) is 3.22. The van der Waals surface area contributed by atoms with Crippen molar-refractivity contribution in [2.75, 3.05) is 18.6 Å². The Hall–Kier alpha value is -1.14. The van der Waals surface area contributed by atoms with Crippen LogP contribution in [0.1, 0.15) is 47.5 Å². The van der Waals surface area contributed by atoms with Crippen molar-refractivity contribution in [2.24, 2.45) is 0 Å². The number of carboxylic acid groups (broad SMARTS) is 1. The molecule has 1 aromatic heterocycles. The molecule has 1 N–H and O–H groups in total. The van der Waals surface area contributed by atoms with Crippen molar-refractivity contribution in [3.8, 4) is 0 Å². The van der Waals surface area contributed by atoms with E-state index < -0.39 is 5.97 Å². The minimum atomic E-state index is -0.852. The molecule has 2 atom stereocenters. The molecular formula is C13H18N2O3S. The standard InChI is InChI=1S/C13H18N2O3S/c1-7-9(5-6-18-7)15(2)13-14-10(8-3-4-8)11(19-13)12(16)17/h7-9H,3-6H2,1-2H3,(H,16,17). The largest absolute Gasteiger partial charge is 0.477 e. The maximum Gasteiger partial charge on any atom is 0.347 e. The molecule has 0 aromatic carbocycles. The molecule has 1 aromatic rings. The molecule has 2 aliphatic rings. The number of aromatic nitrogens is 1. The summed E-state index contributed by atoms with van der Waals surface area (Å²) in [5.74, 6) is -0.489. The van der Waals surface area contributed by atoms with E-state index in [1.54, 1.807) is 0 Å². The van der Waals surface area contributed by atoms with Gasteiger partial charge in [-0.3, -0.25) is 0 Å². The molecule has 0 radical (unpaired) electrons. The summed E-state index contributed by atoms with van der Waals surface area (Å²) in [5, 5.41) is 10.1. The predicted octanol–water partition coefficient (Wildman–Crippen LogP) is 2.33. The second-order valence-corrected chi connectivity index (χ2v) is 6.31. The Labute approximate surface area is 116 Å². The van der Waals surface area contributed by atoms with E-state index in [1.165, 1.54) is 11.3 Å². The Morgan fingerprint density at radius 2 is 2.21 bits per heavy atom. The third-order valence-corrected chi connectivity index (χ3v) is 5.09. The summed E-state index contributed by atoms with van der Waals surface area (Å²) in [7, 11) is 1.98. The monoisotopic (exact) mass is 282 g/mol. The van der Waals surface area contributed by atoms with Crippen LogP contribution in [0.3, 0.4) is 0 Å². The van der Waals surface area contributed by atoms with Gasteiger partial charge in [0.1, 0.15) is 4.88 Å². The van der Waals surface area contributed by atoms with E-state index in [0.717, 1.165) is 36.7 Å². The lowest BCUT2D eigenvalue weighted by Crippen LogP contribution is -2.36. The molecule has 0 spiro atoms. The maximum atomic E-state index is 11.3. The van der Waals surface area contributed by atoms with E-state index in [9.17, 15) is 9.90 Å². The number of likely N-dealkylation sites (N-methyl/N-ethyl adjacent to an activating group) is 1. The van der Waals surface area contributed by atoms with Gasteiger partial charge >= 0.3 is 5.97 Å². The summed E-state index contributed by atoms with van der Waals surface area (Å²) < 4.78 is 5.57. The first-order chi connectivity index (χ1) is 9.08. The molecule has 0 amide bonds. The molecule has 0 bridgehead atoms. The number of nitrogens with zero attached hydrogens (tertiary/aromatic N) is 2. The molecule has 104 valence electrons. The molecule has 1 aliphatic heterocycles. The zero-order valence-corrected chi connectivity index (χ0v) is 11.9. The average molecular weight is 282 g/mol. The van der Waals surface area contributed by atoms with Gasteiger partial charge in [-0.15, -0.1) is 0 Å². The smallest absolute Gasteiger partial charge is 0.347 e. The second kappa shape index (κ2) is 4.76. The highest BCUT2D eigenvalue weighted by atomic mass is 32.1. The Bertz CT molecular complexity index is 498. The van der Waals surface area contributed by atoms with Crippen LogP contribution in [0.2, 0.25) is 0 Å². The molecule has 6 heteroatoms. The van der Waals surface area contributed by atoms with Gasteiger partial charge in [-0.1, -0.05) is 11.3 Å². The SMILES string of the molecule is CC1OCCC1N(C)c1nc(C2CC2)c(C(=O)O)s1. The highest BCUT2D eigenvalue weighted by Gasteiger charge is 2.35. The summed E-state index contributed by atoms with van der Waals surface area (Å²) >= 11 is 1.29. The number of thiazole rings is 1. The fourth-order valence-corrected chi connectivity index (χ4v) is 3.64. The van der Waals surface area contributed by atoms with Crippen molar-refractivity contribution in [3.05, 3.63) is 10.6 Å². The fourth-order valence-electron chi connectivity index (χ4n) is 2.63. The number of carboxylic acids is 1. The molecule has 2 heterocycles. The number of aromatic carboxylic acids is 1. The second-order valence-electron chi connectivity index (χ2n) is 5.33. The highest BCUT2D eigenvalue weighted by molar-refractivity contribution is 7.17. The first kappa shape index (κ1) is 12.9. The van der Waals surface area contributed by atoms with E-state index >= 15 is 0 Å². The normalized spacial score (nSPS) is 26.6. The molecule has 2 unspecified atom stereocenters. The quantitative estimate of drug-likeness (QED) is 0.918. The van der Waals surface area contributed by atoms with E-state index in [1.807, 2.05) is 7.05 Å². The molecule has 1 aliphatic carbocycles. The van der Waals surface area contributed by atoms with Gasteiger partial charge in [-0.05, 0) is 26.2 Å². The molecule has 5 nitrogen and oxygen atoms in total. The van der Waals surface area contributed by atoms with Gasteiger partial charge < -0.3 is 14.7 Å². The van der Waals surface area contributed by atoms with E-state index in [4.69, 9.17) is 4.74 Å². The van der Waals surface area contributed by atoms with Gasteiger partial charge in [0.15, 0.2) is 5.13 Å². The summed E-state index contributed by atoms with van der Waals surface area (Å²) in [6.07, 6.45) is 3.27. The van der Waals surface area contributed by atoms with Crippen LogP contribution in [0.4, 0.5) is 5.13 Å². The van der Waals surface area contributed by atoms with Gasteiger partial charge in [0.25, 0.3) is 0 Å². The van der Waals surface area contributed by atoms with Crippen LogP contribution in [0.25, 0.3) is 0 Å². The van der Waals surface area contributed by atoms with Crippen molar-refractivity contribution in [2.45, 2.75) is 44.2 Å². The summed E-state index contributed by atoms with van der Waals surface area (Å²) in [6.45, 7) is 2.82. The van der Waals surface area contributed by atoms with Crippen LogP contribution in [0.5, 0.6) is 0 Å². The Morgan fingerprint density at radius 3 is 2.74 bits per heavy atom. The molecule has 2 fully saturated rings. The van der Waals surface area contributed by atoms with E-state index in [0.29, 0.717) is 16.8 Å². The molecule has 3 rings (SSSR count). The van der Waals surface area contributed by atoms with Crippen LogP contribution >= 0.6 is 11.3 Å². The summed E-state index contributed by atoms with van der Waals surface area (Å²) in [6, 6.07) is 0.292. The minimum absolute atomic E-state index is 0.173. The Morgan fingerprint density at radius 1 is 1.47 bits per heavy atom. The highest BCUT2D eigenvalue weighted by Crippen LogP contribution is 2.44. The van der Waals surface area contributed by atoms with Gasteiger partial charge in [0.05, 0.1) is 17.8 Å². The summed E-state index contributed by atoms with van der Waals surface area (Å²) in [5.41, 5.74) is 0.783. The number of hydrogen-bond donors (Lipinski definition) is 1. The van der Waals surface area contributed by atoms with Crippen LogP contribution in [0.15, 0.2) is 0 Å². The third-order valence-electron chi connectivity index (χ3n) is 3.94. The minimum Gasteiger partial charge on any atom is -0.477 e. The molecular weight excluding hydrogens is 264 g/mol. The lowest BCUT2D eigenvalue weighted by molar-refractivity contribution is 0.0700. The van der Waals surface area contributed by atoms with Crippen molar-refractivity contribution in [1.29, 1.82) is 0 Å². The number of ether oxygens (including phenoxy) is 1. The van der Waals surface area contributed by atoms with Crippen LogP contribution in [-0.4, -0.2) is 41.9 Å². The van der Waals surface area contributed by atoms with Crippen molar-refractivity contribution >= 4 is 22.4 Å². The summed E-state index contributed by atoms with van der Waals surface area (Å²) in [4.78, 5) is 18.4. The topological polar surface area (TPSA) is 62.7 Å². The predicted molar refractivity (Wildman–Crippen MR) is 73.3 cm³/mol.